The SMILES string of the molecule is NC(N)=NN1CCOCC1.O=S(=O)(O)c1cccc2ccccc12. The van der Waals surface area contributed by atoms with Crippen LogP contribution in [0.2, 0.25) is 0 Å². The highest BCUT2D eigenvalue weighted by atomic mass is 32.2. The molecule has 2 aromatic rings. The normalized spacial score (nSPS) is 14.6. The number of hydrazone groups is 1. The van der Waals surface area contributed by atoms with Crippen LogP contribution in [-0.4, -0.2) is 50.2 Å². The van der Waals surface area contributed by atoms with Crippen molar-refractivity contribution in [3.8, 4) is 0 Å². The number of nitrogens with two attached hydrogens (primary N) is 2. The van der Waals surface area contributed by atoms with Gasteiger partial charge in [-0.3, -0.25) is 9.56 Å². The molecule has 1 saturated heterocycles. The van der Waals surface area contributed by atoms with Gasteiger partial charge in [0.15, 0.2) is 0 Å². The highest BCUT2D eigenvalue weighted by molar-refractivity contribution is 7.86. The quantitative estimate of drug-likeness (QED) is 0.409. The molecule has 1 aliphatic rings. The molecule has 1 aliphatic heterocycles. The van der Waals surface area contributed by atoms with Crippen LogP contribution in [0.1, 0.15) is 0 Å². The average molecular weight is 352 g/mol. The maximum absolute atomic E-state index is 11.0. The molecule has 0 radical (unpaired) electrons. The molecule has 0 aromatic heterocycles. The first-order chi connectivity index (χ1) is 11.4. The summed E-state index contributed by atoms with van der Waals surface area (Å²) in [5.74, 6) is 0.113. The summed E-state index contributed by atoms with van der Waals surface area (Å²) >= 11 is 0. The number of hydrogen-bond donors (Lipinski definition) is 3. The average Bonchev–Trinajstić information content (AvgIpc) is 2.54. The number of nitrogens with zero attached hydrogens (tertiary/aromatic N) is 2. The minimum atomic E-state index is -4.13. The molecule has 0 atom stereocenters. The van der Waals surface area contributed by atoms with Crippen LogP contribution in [0.15, 0.2) is 52.5 Å². The van der Waals surface area contributed by atoms with Crippen molar-refractivity contribution in [2.45, 2.75) is 4.90 Å². The molecule has 1 fully saturated rings. The van der Waals surface area contributed by atoms with Crippen molar-refractivity contribution in [1.29, 1.82) is 0 Å². The predicted octanol–water partition coefficient (Wildman–Crippen LogP) is 0.594. The Balaban J connectivity index is 0.000000185. The van der Waals surface area contributed by atoms with E-state index in [0.29, 0.717) is 18.6 Å². The van der Waals surface area contributed by atoms with Crippen molar-refractivity contribution >= 4 is 26.9 Å². The lowest BCUT2D eigenvalue weighted by Crippen LogP contribution is -2.36. The Labute approximate surface area is 140 Å². The van der Waals surface area contributed by atoms with Crippen LogP contribution in [0.5, 0.6) is 0 Å². The molecule has 130 valence electrons. The highest BCUT2D eigenvalue weighted by Gasteiger charge is 2.12. The monoisotopic (exact) mass is 352 g/mol. The van der Waals surface area contributed by atoms with Crippen molar-refractivity contribution in [3.05, 3.63) is 42.5 Å². The van der Waals surface area contributed by atoms with Crippen LogP contribution in [0, 0.1) is 0 Å². The van der Waals surface area contributed by atoms with Crippen LogP contribution < -0.4 is 11.5 Å². The number of benzene rings is 2. The van der Waals surface area contributed by atoms with Gasteiger partial charge in [-0.1, -0.05) is 36.4 Å². The van der Waals surface area contributed by atoms with Gasteiger partial charge in [0.25, 0.3) is 10.1 Å². The number of ether oxygens (including phenoxy) is 1. The van der Waals surface area contributed by atoms with E-state index in [0.717, 1.165) is 18.5 Å². The number of morpholine rings is 1. The Kier molecular flexibility index (Phi) is 5.96. The van der Waals surface area contributed by atoms with E-state index in [4.69, 9.17) is 20.8 Å². The van der Waals surface area contributed by atoms with Crippen molar-refractivity contribution in [3.63, 3.8) is 0 Å². The van der Waals surface area contributed by atoms with Gasteiger partial charge in [0.2, 0.25) is 5.96 Å². The van der Waals surface area contributed by atoms with E-state index >= 15 is 0 Å². The molecule has 1 heterocycles. The summed E-state index contributed by atoms with van der Waals surface area (Å²) in [4.78, 5) is -0.0457. The van der Waals surface area contributed by atoms with E-state index in [-0.39, 0.29) is 10.9 Å². The second-order valence-corrected chi connectivity index (χ2v) is 6.43. The Morgan fingerprint density at radius 2 is 1.71 bits per heavy atom. The lowest BCUT2D eigenvalue weighted by molar-refractivity contribution is 0.0392. The van der Waals surface area contributed by atoms with Gasteiger partial charge in [0, 0.05) is 5.39 Å². The Bertz CT molecular complexity index is 808. The fourth-order valence-electron chi connectivity index (χ4n) is 2.24. The van der Waals surface area contributed by atoms with E-state index in [9.17, 15) is 8.42 Å². The van der Waals surface area contributed by atoms with Crippen LogP contribution in [0.3, 0.4) is 0 Å². The predicted molar refractivity (Wildman–Crippen MR) is 92.0 cm³/mol. The molecule has 2 aromatic carbocycles. The molecular weight excluding hydrogens is 332 g/mol. The zero-order chi connectivity index (χ0) is 17.6. The molecule has 9 heteroatoms. The number of fused-ring (bicyclic) bond motifs is 1. The van der Waals surface area contributed by atoms with Gasteiger partial charge in [-0.2, -0.15) is 8.42 Å². The van der Waals surface area contributed by atoms with E-state index in [2.05, 4.69) is 5.10 Å². The molecule has 24 heavy (non-hydrogen) atoms. The maximum atomic E-state index is 11.0. The van der Waals surface area contributed by atoms with Gasteiger partial charge in [-0.25, -0.2) is 0 Å². The van der Waals surface area contributed by atoms with Gasteiger partial charge in [-0.05, 0) is 11.5 Å². The molecule has 0 amide bonds. The molecule has 0 spiro atoms. The zero-order valence-electron chi connectivity index (χ0n) is 13.0. The van der Waals surface area contributed by atoms with E-state index in [1.54, 1.807) is 35.3 Å². The largest absolute Gasteiger partial charge is 0.378 e. The first kappa shape index (κ1) is 18.0. The summed E-state index contributed by atoms with van der Waals surface area (Å²) in [6, 6.07) is 11.8. The summed E-state index contributed by atoms with van der Waals surface area (Å²) in [7, 11) is -4.13. The van der Waals surface area contributed by atoms with E-state index in [1.165, 1.54) is 6.07 Å². The first-order valence-corrected chi connectivity index (χ1v) is 8.69. The van der Waals surface area contributed by atoms with Crippen LogP contribution in [0.4, 0.5) is 0 Å². The molecule has 0 saturated carbocycles. The fraction of sp³-hybridized carbons (Fsp3) is 0.267. The summed E-state index contributed by atoms with van der Waals surface area (Å²) in [5, 5.41) is 7.00. The number of guanidine groups is 1. The van der Waals surface area contributed by atoms with Crippen molar-refractivity contribution in [1.82, 2.24) is 5.01 Å². The molecule has 0 aliphatic carbocycles. The topological polar surface area (TPSA) is 131 Å². The molecule has 0 bridgehead atoms. The lowest BCUT2D eigenvalue weighted by Gasteiger charge is -2.23. The van der Waals surface area contributed by atoms with E-state index in [1.807, 2.05) is 6.07 Å². The highest BCUT2D eigenvalue weighted by Crippen LogP contribution is 2.21. The van der Waals surface area contributed by atoms with Crippen molar-refractivity contribution in [2.75, 3.05) is 26.3 Å². The van der Waals surface area contributed by atoms with Crippen molar-refractivity contribution in [2.24, 2.45) is 16.6 Å². The summed E-state index contributed by atoms with van der Waals surface area (Å²) in [6.45, 7) is 2.96. The van der Waals surface area contributed by atoms with Gasteiger partial charge in [0.05, 0.1) is 26.3 Å². The molecule has 0 unspecified atom stereocenters. The van der Waals surface area contributed by atoms with Crippen molar-refractivity contribution < 1.29 is 17.7 Å². The van der Waals surface area contributed by atoms with Gasteiger partial charge < -0.3 is 16.2 Å². The summed E-state index contributed by atoms with van der Waals surface area (Å²) in [5.41, 5.74) is 10.3. The summed E-state index contributed by atoms with van der Waals surface area (Å²) in [6.07, 6.45) is 0. The van der Waals surface area contributed by atoms with Gasteiger partial charge >= 0.3 is 0 Å². The third-order valence-electron chi connectivity index (χ3n) is 3.27. The third-order valence-corrected chi connectivity index (χ3v) is 4.18. The Morgan fingerprint density at radius 1 is 1.08 bits per heavy atom. The van der Waals surface area contributed by atoms with Crippen LogP contribution >= 0.6 is 0 Å². The fourth-order valence-corrected chi connectivity index (χ4v) is 2.95. The number of rotatable bonds is 2. The minimum Gasteiger partial charge on any atom is -0.378 e. The minimum absolute atomic E-state index is 0.0457. The second-order valence-electron chi connectivity index (χ2n) is 5.04. The van der Waals surface area contributed by atoms with Gasteiger partial charge in [0.1, 0.15) is 4.90 Å². The Hall–Kier alpha value is -2.36. The zero-order valence-corrected chi connectivity index (χ0v) is 13.8. The second kappa shape index (κ2) is 7.95. The number of hydrogen-bond acceptors (Lipinski definition) is 5. The standard InChI is InChI=1S/C10H8O3S.C5H12N4O/c11-14(12,13)10-7-3-5-8-4-1-2-6-9(8)10;6-5(7)8-9-1-3-10-4-2-9/h1-7H,(H,11,12,13);1-4H2,(H4,6,7,8). The van der Waals surface area contributed by atoms with Crippen LogP contribution in [-0.2, 0) is 14.9 Å². The molecule has 8 nitrogen and oxygen atoms in total. The van der Waals surface area contributed by atoms with Gasteiger partial charge in [-0.15, -0.1) is 5.10 Å². The smallest absolute Gasteiger partial charge is 0.295 e. The molecule has 5 N–H and O–H groups in total. The summed E-state index contributed by atoms with van der Waals surface area (Å²) < 4.78 is 36.1. The lowest BCUT2D eigenvalue weighted by atomic mass is 10.1. The molecule has 3 rings (SSSR count). The van der Waals surface area contributed by atoms with Crippen LogP contribution in [0.25, 0.3) is 10.8 Å². The third kappa shape index (κ3) is 5.08. The first-order valence-electron chi connectivity index (χ1n) is 7.25. The maximum Gasteiger partial charge on any atom is 0.295 e. The van der Waals surface area contributed by atoms with E-state index < -0.39 is 10.1 Å². The molecular formula is C15H20N4O4S. The Morgan fingerprint density at radius 3 is 2.33 bits per heavy atom.